The first-order valence-electron chi connectivity index (χ1n) is 6.50. The number of likely N-dealkylation sites (N-methyl/N-ethyl adjacent to an activating group) is 1. The Hall–Kier alpha value is -0.860. The minimum Gasteiger partial charge on any atom is -0.387 e. The predicted molar refractivity (Wildman–Crippen MR) is 71.0 cm³/mol. The van der Waals surface area contributed by atoms with Crippen molar-refractivity contribution < 1.29 is 5.11 Å². The molecule has 0 bridgehead atoms. The number of hydrogen-bond acceptors (Lipinski definition) is 2. The molecule has 17 heavy (non-hydrogen) atoms. The highest BCUT2D eigenvalue weighted by Crippen LogP contribution is 2.35. The number of rotatable bonds is 3. The number of hydrogen-bond donors (Lipinski definition) is 1. The van der Waals surface area contributed by atoms with Crippen molar-refractivity contribution in [1.82, 2.24) is 4.90 Å². The molecule has 1 N–H and O–H groups in total. The lowest BCUT2D eigenvalue weighted by Gasteiger charge is -2.34. The quantitative estimate of drug-likeness (QED) is 0.867. The van der Waals surface area contributed by atoms with Crippen LogP contribution >= 0.6 is 0 Å². The third-order valence-electron chi connectivity index (χ3n) is 4.30. The highest BCUT2D eigenvalue weighted by Gasteiger charge is 2.35. The fourth-order valence-corrected chi connectivity index (χ4v) is 2.69. The Morgan fingerprint density at radius 1 is 1.24 bits per heavy atom. The Morgan fingerprint density at radius 2 is 1.88 bits per heavy atom. The Morgan fingerprint density at radius 3 is 2.47 bits per heavy atom. The molecule has 1 aromatic rings. The minimum absolute atomic E-state index is 0.227. The third kappa shape index (κ3) is 2.24. The molecule has 2 nitrogen and oxygen atoms in total. The number of benzene rings is 1. The van der Waals surface area contributed by atoms with Crippen LogP contribution in [0.5, 0.6) is 0 Å². The first kappa shape index (κ1) is 12.6. The van der Waals surface area contributed by atoms with Crippen molar-refractivity contribution in [2.75, 3.05) is 7.05 Å². The molecule has 1 aliphatic carbocycles. The van der Waals surface area contributed by atoms with Crippen LogP contribution in [0.15, 0.2) is 24.3 Å². The van der Waals surface area contributed by atoms with E-state index < -0.39 is 0 Å². The molecule has 2 rings (SSSR count). The van der Waals surface area contributed by atoms with Crippen molar-refractivity contribution in [3.8, 4) is 0 Å². The van der Waals surface area contributed by atoms with Crippen LogP contribution in [-0.4, -0.2) is 29.1 Å². The van der Waals surface area contributed by atoms with Gasteiger partial charge in [-0.15, -0.1) is 0 Å². The number of nitrogens with zero attached hydrogens (tertiary/aromatic N) is 1. The smallest absolute Gasteiger partial charge is 0.0951 e. The van der Waals surface area contributed by atoms with Crippen LogP contribution in [-0.2, 0) is 6.42 Å². The summed E-state index contributed by atoms with van der Waals surface area (Å²) in [5, 5.41) is 10.4. The van der Waals surface area contributed by atoms with Crippen LogP contribution in [0.3, 0.4) is 0 Å². The van der Waals surface area contributed by atoms with E-state index in [1.807, 2.05) is 12.1 Å². The zero-order valence-electron chi connectivity index (χ0n) is 11.2. The minimum atomic E-state index is -0.336. The standard InChI is InChI=1S/C15H23NO/c1-10(2)11(3)16(4)14-9-12-7-5-6-8-13(12)15(14)17/h5-8,10-11,14-15,17H,9H2,1-4H3. The van der Waals surface area contributed by atoms with Crippen molar-refractivity contribution >= 4 is 0 Å². The lowest BCUT2D eigenvalue weighted by molar-refractivity contribution is 0.0440. The first-order chi connectivity index (χ1) is 8.02. The summed E-state index contributed by atoms with van der Waals surface area (Å²) in [5.74, 6) is 0.607. The fraction of sp³-hybridized carbons (Fsp3) is 0.600. The van der Waals surface area contributed by atoms with Gasteiger partial charge in [0.1, 0.15) is 0 Å². The van der Waals surface area contributed by atoms with Gasteiger partial charge in [-0.3, -0.25) is 4.90 Å². The van der Waals surface area contributed by atoms with E-state index in [0.29, 0.717) is 12.0 Å². The van der Waals surface area contributed by atoms with Gasteiger partial charge in [-0.05, 0) is 37.4 Å². The molecule has 2 heteroatoms. The van der Waals surface area contributed by atoms with Crippen LogP contribution in [0.2, 0.25) is 0 Å². The molecule has 0 aliphatic heterocycles. The summed E-state index contributed by atoms with van der Waals surface area (Å²) in [6.45, 7) is 6.70. The molecule has 0 amide bonds. The van der Waals surface area contributed by atoms with E-state index in [9.17, 15) is 5.11 Å². The molecule has 0 heterocycles. The van der Waals surface area contributed by atoms with Crippen molar-refractivity contribution in [3.05, 3.63) is 35.4 Å². The van der Waals surface area contributed by atoms with Gasteiger partial charge in [0.05, 0.1) is 6.10 Å². The van der Waals surface area contributed by atoms with Gasteiger partial charge in [-0.25, -0.2) is 0 Å². The lowest BCUT2D eigenvalue weighted by Crippen LogP contribution is -2.43. The summed E-state index contributed by atoms with van der Waals surface area (Å²) in [5.41, 5.74) is 2.41. The highest BCUT2D eigenvalue weighted by molar-refractivity contribution is 5.35. The van der Waals surface area contributed by atoms with Gasteiger partial charge < -0.3 is 5.11 Å². The normalized spacial score (nSPS) is 25.4. The van der Waals surface area contributed by atoms with E-state index in [4.69, 9.17) is 0 Å². The molecule has 0 aromatic heterocycles. The molecule has 94 valence electrons. The average Bonchev–Trinajstić information content (AvgIpc) is 2.65. The molecular formula is C15H23NO. The molecule has 3 unspecified atom stereocenters. The summed E-state index contributed by atoms with van der Waals surface area (Å²) >= 11 is 0. The van der Waals surface area contributed by atoms with E-state index in [1.165, 1.54) is 5.56 Å². The molecule has 0 radical (unpaired) electrons. The van der Waals surface area contributed by atoms with Crippen LogP contribution < -0.4 is 0 Å². The van der Waals surface area contributed by atoms with Crippen molar-refractivity contribution in [2.45, 2.75) is 45.4 Å². The zero-order valence-corrected chi connectivity index (χ0v) is 11.2. The summed E-state index contributed by atoms with van der Waals surface area (Å²) in [6, 6.07) is 8.96. The van der Waals surface area contributed by atoms with Gasteiger partial charge >= 0.3 is 0 Å². The Labute approximate surface area is 104 Å². The summed E-state index contributed by atoms with van der Waals surface area (Å²) in [6.07, 6.45) is 0.627. The maximum absolute atomic E-state index is 10.4. The molecular weight excluding hydrogens is 210 g/mol. The Kier molecular flexibility index (Phi) is 3.55. The largest absolute Gasteiger partial charge is 0.387 e. The van der Waals surface area contributed by atoms with Crippen LogP contribution in [0.1, 0.15) is 38.0 Å². The van der Waals surface area contributed by atoms with E-state index >= 15 is 0 Å². The predicted octanol–water partition coefficient (Wildman–Crippen LogP) is 2.62. The van der Waals surface area contributed by atoms with Crippen molar-refractivity contribution in [3.63, 3.8) is 0 Å². The van der Waals surface area contributed by atoms with E-state index in [-0.39, 0.29) is 12.1 Å². The molecule has 0 spiro atoms. The second-order valence-electron chi connectivity index (χ2n) is 5.57. The van der Waals surface area contributed by atoms with Gasteiger partial charge in [-0.2, -0.15) is 0 Å². The molecule has 1 aromatic carbocycles. The number of aliphatic hydroxyl groups is 1. The molecule has 3 atom stereocenters. The van der Waals surface area contributed by atoms with Crippen molar-refractivity contribution in [1.29, 1.82) is 0 Å². The molecule has 0 saturated carbocycles. The first-order valence-corrected chi connectivity index (χ1v) is 6.50. The fourth-order valence-electron chi connectivity index (χ4n) is 2.69. The van der Waals surface area contributed by atoms with E-state index in [1.54, 1.807) is 0 Å². The third-order valence-corrected chi connectivity index (χ3v) is 4.30. The summed E-state index contributed by atoms with van der Waals surface area (Å²) in [4.78, 5) is 2.33. The summed E-state index contributed by atoms with van der Waals surface area (Å²) < 4.78 is 0. The number of fused-ring (bicyclic) bond motifs is 1. The Bertz CT molecular complexity index is 388. The van der Waals surface area contributed by atoms with Gasteiger partial charge in [0.15, 0.2) is 0 Å². The van der Waals surface area contributed by atoms with Gasteiger partial charge in [0, 0.05) is 12.1 Å². The second kappa shape index (κ2) is 4.79. The summed E-state index contributed by atoms with van der Waals surface area (Å²) in [7, 11) is 2.13. The zero-order chi connectivity index (χ0) is 12.6. The van der Waals surface area contributed by atoms with Gasteiger partial charge in [-0.1, -0.05) is 38.1 Å². The monoisotopic (exact) mass is 233 g/mol. The maximum atomic E-state index is 10.4. The molecule has 1 aliphatic rings. The second-order valence-corrected chi connectivity index (χ2v) is 5.57. The molecule has 0 saturated heterocycles. The van der Waals surface area contributed by atoms with E-state index in [2.05, 4.69) is 44.9 Å². The average molecular weight is 233 g/mol. The van der Waals surface area contributed by atoms with Crippen LogP contribution in [0.4, 0.5) is 0 Å². The van der Waals surface area contributed by atoms with E-state index in [0.717, 1.165) is 12.0 Å². The SMILES string of the molecule is CC(C)C(C)N(C)C1Cc2ccccc2C1O. The van der Waals surface area contributed by atoms with Crippen LogP contribution in [0.25, 0.3) is 0 Å². The lowest BCUT2D eigenvalue weighted by atomic mass is 10.0. The van der Waals surface area contributed by atoms with Crippen molar-refractivity contribution in [2.24, 2.45) is 5.92 Å². The molecule has 0 fully saturated rings. The van der Waals surface area contributed by atoms with Gasteiger partial charge in [0.25, 0.3) is 0 Å². The highest BCUT2D eigenvalue weighted by atomic mass is 16.3. The van der Waals surface area contributed by atoms with Crippen LogP contribution in [0, 0.1) is 5.92 Å². The van der Waals surface area contributed by atoms with Gasteiger partial charge in [0.2, 0.25) is 0 Å². The topological polar surface area (TPSA) is 23.5 Å². The Balaban J connectivity index is 2.17. The number of aliphatic hydroxyl groups excluding tert-OH is 1. The maximum Gasteiger partial charge on any atom is 0.0951 e.